The zero-order valence-corrected chi connectivity index (χ0v) is 21.1. The Hall–Kier alpha value is -2.87. The fraction of sp³-hybridized carbons (Fsp3) is 0.615. The molecule has 194 valence electrons. The van der Waals surface area contributed by atoms with Crippen LogP contribution in [0, 0.1) is 22.6 Å². The van der Waals surface area contributed by atoms with Gasteiger partial charge >= 0.3 is 0 Å². The second-order valence-electron chi connectivity index (χ2n) is 9.95. The molecule has 2 aromatic heterocycles. The molecule has 2 aromatic rings. The lowest BCUT2D eigenvalue weighted by molar-refractivity contribution is 0.0455. The molecular formula is C26H36FN7O2. The summed E-state index contributed by atoms with van der Waals surface area (Å²) in [5, 5.41) is 28.2. The van der Waals surface area contributed by atoms with Gasteiger partial charge in [0.05, 0.1) is 30.5 Å². The molecule has 0 amide bonds. The summed E-state index contributed by atoms with van der Waals surface area (Å²) in [5.41, 5.74) is 0.523. The second-order valence-corrected chi connectivity index (χ2v) is 9.95. The summed E-state index contributed by atoms with van der Waals surface area (Å²) in [6.45, 7) is 4.43. The van der Waals surface area contributed by atoms with Crippen molar-refractivity contribution in [3.63, 3.8) is 0 Å². The molecule has 0 spiro atoms. The van der Waals surface area contributed by atoms with Crippen LogP contribution in [0.2, 0.25) is 0 Å². The molecule has 4 rings (SSSR count). The number of hydrogen-bond acceptors (Lipinski definition) is 9. The fourth-order valence-corrected chi connectivity index (χ4v) is 5.00. The summed E-state index contributed by atoms with van der Waals surface area (Å²) in [7, 11) is 1.72. The van der Waals surface area contributed by atoms with Gasteiger partial charge in [-0.2, -0.15) is 10.4 Å². The van der Waals surface area contributed by atoms with Crippen molar-refractivity contribution in [3.05, 3.63) is 30.3 Å². The highest BCUT2D eigenvalue weighted by atomic mass is 19.1. The minimum atomic E-state index is -0.495. The Morgan fingerprint density at radius 3 is 2.64 bits per heavy atom. The third-order valence-corrected chi connectivity index (χ3v) is 7.13. The Morgan fingerprint density at radius 2 is 1.92 bits per heavy atom. The normalized spacial score (nSPS) is 22.4. The van der Waals surface area contributed by atoms with Gasteiger partial charge in [-0.15, -0.1) is 5.10 Å². The van der Waals surface area contributed by atoms with E-state index in [-0.39, 0.29) is 0 Å². The van der Waals surface area contributed by atoms with E-state index >= 15 is 0 Å². The molecule has 0 bridgehead atoms. The standard InChI is InChI=1S/C26H36FN7O2/c1-18(15-35-2)32-20-3-5-21(6-4-20)33-24-12-22(23(27)14-29-24)19-11-25(34-31-13-19)30-17-26(16-28)7-9-36-10-8-26/h11-14,18,20-21,32H,3-10,15,17H2,1-2H3,(H,29,33)(H,30,34)/t18-,20?,21?/m0/s1. The largest absolute Gasteiger partial charge is 0.383 e. The first-order valence-electron chi connectivity index (χ1n) is 12.7. The average Bonchev–Trinajstić information content (AvgIpc) is 2.90. The van der Waals surface area contributed by atoms with Crippen molar-refractivity contribution in [1.82, 2.24) is 20.5 Å². The molecule has 1 aliphatic carbocycles. The monoisotopic (exact) mass is 497 g/mol. The molecule has 0 radical (unpaired) electrons. The van der Waals surface area contributed by atoms with Crippen molar-refractivity contribution in [1.29, 1.82) is 5.26 Å². The lowest BCUT2D eigenvalue weighted by Crippen LogP contribution is -2.42. The zero-order chi connectivity index (χ0) is 25.4. The smallest absolute Gasteiger partial charge is 0.149 e. The average molecular weight is 498 g/mol. The number of aromatic nitrogens is 3. The summed E-state index contributed by atoms with van der Waals surface area (Å²) in [6.07, 6.45) is 8.30. The molecule has 0 aromatic carbocycles. The molecule has 2 fully saturated rings. The first-order valence-corrected chi connectivity index (χ1v) is 12.7. The topological polar surface area (TPSA) is 117 Å². The minimum absolute atomic E-state index is 0.293. The Balaban J connectivity index is 1.37. The lowest BCUT2D eigenvalue weighted by Gasteiger charge is -2.32. The molecule has 36 heavy (non-hydrogen) atoms. The number of rotatable bonds is 10. The van der Waals surface area contributed by atoms with Crippen molar-refractivity contribution < 1.29 is 13.9 Å². The summed E-state index contributed by atoms with van der Waals surface area (Å²) < 4.78 is 25.4. The number of nitriles is 1. The summed E-state index contributed by atoms with van der Waals surface area (Å²) >= 11 is 0. The fourth-order valence-electron chi connectivity index (χ4n) is 5.00. The highest BCUT2D eigenvalue weighted by Gasteiger charge is 2.32. The Bertz CT molecular complexity index is 1030. The predicted molar refractivity (Wildman–Crippen MR) is 136 cm³/mol. The van der Waals surface area contributed by atoms with E-state index in [1.54, 1.807) is 25.4 Å². The Morgan fingerprint density at radius 1 is 1.17 bits per heavy atom. The third kappa shape index (κ3) is 6.87. The van der Waals surface area contributed by atoms with Gasteiger partial charge in [0.15, 0.2) is 0 Å². The van der Waals surface area contributed by atoms with E-state index in [1.807, 2.05) is 0 Å². The highest BCUT2D eigenvalue weighted by molar-refractivity contribution is 5.68. The molecule has 0 unspecified atom stereocenters. The van der Waals surface area contributed by atoms with E-state index in [0.29, 0.717) is 80.1 Å². The number of halogens is 1. The first-order chi connectivity index (χ1) is 17.5. The first kappa shape index (κ1) is 26.2. The van der Waals surface area contributed by atoms with Gasteiger partial charge in [-0.05, 0) is 57.6 Å². The Kier molecular flexibility index (Phi) is 9.02. The van der Waals surface area contributed by atoms with Crippen LogP contribution in [0.25, 0.3) is 11.1 Å². The molecule has 10 heteroatoms. The number of pyridine rings is 1. The van der Waals surface area contributed by atoms with Crippen LogP contribution in [0.5, 0.6) is 0 Å². The summed E-state index contributed by atoms with van der Waals surface area (Å²) in [4.78, 5) is 4.27. The lowest BCUT2D eigenvalue weighted by atomic mass is 9.82. The van der Waals surface area contributed by atoms with E-state index in [1.165, 1.54) is 6.20 Å². The van der Waals surface area contributed by atoms with Crippen molar-refractivity contribution in [2.75, 3.05) is 44.1 Å². The molecule has 1 saturated heterocycles. The molecule has 1 atom stereocenters. The van der Waals surface area contributed by atoms with Gasteiger partial charge in [0.25, 0.3) is 0 Å². The van der Waals surface area contributed by atoms with Crippen LogP contribution in [-0.4, -0.2) is 66.8 Å². The number of anilines is 2. The van der Waals surface area contributed by atoms with Crippen molar-refractivity contribution in [3.8, 4) is 17.2 Å². The third-order valence-electron chi connectivity index (χ3n) is 7.13. The van der Waals surface area contributed by atoms with E-state index in [2.05, 4.69) is 44.1 Å². The van der Waals surface area contributed by atoms with Gasteiger partial charge in [0.2, 0.25) is 0 Å². The minimum Gasteiger partial charge on any atom is -0.383 e. The van der Waals surface area contributed by atoms with Gasteiger partial charge in [-0.25, -0.2) is 9.37 Å². The zero-order valence-electron chi connectivity index (χ0n) is 21.1. The van der Waals surface area contributed by atoms with Gasteiger partial charge < -0.3 is 25.4 Å². The molecule has 3 N–H and O–H groups in total. The summed E-state index contributed by atoms with van der Waals surface area (Å²) in [5.74, 6) is 0.734. The number of methoxy groups -OCH3 is 1. The van der Waals surface area contributed by atoms with Gasteiger partial charge in [0, 0.05) is 56.1 Å². The molecular weight excluding hydrogens is 461 g/mol. The van der Waals surface area contributed by atoms with Gasteiger partial charge in [-0.3, -0.25) is 0 Å². The highest BCUT2D eigenvalue weighted by Crippen LogP contribution is 2.31. The van der Waals surface area contributed by atoms with Crippen LogP contribution in [-0.2, 0) is 9.47 Å². The molecule has 9 nitrogen and oxygen atoms in total. The van der Waals surface area contributed by atoms with Crippen LogP contribution >= 0.6 is 0 Å². The van der Waals surface area contributed by atoms with Gasteiger partial charge in [0.1, 0.15) is 17.5 Å². The van der Waals surface area contributed by atoms with E-state index in [0.717, 1.165) is 25.7 Å². The summed E-state index contributed by atoms with van der Waals surface area (Å²) in [6, 6.07) is 7.04. The predicted octanol–water partition coefficient (Wildman–Crippen LogP) is 3.76. The van der Waals surface area contributed by atoms with Crippen molar-refractivity contribution in [2.45, 2.75) is 63.6 Å². The van der Waals surface area contributed by atoms with Crippen molar-refractivity contribution in [2.24, 2.45) is 5.41 Å². The van der Waals surface area contributed by atoms with Crippen molar-refractivity contribution >= 4 is 11.6 Å². The second kappa shape index (κ2) is 12.4. The molecule has 3 heterocycles. The molecule has 1 aliphatic heterocycles. The number of hydrogen-bond donors (Lipinski definition) is 3. The van der Waals surface area contributed by atoms with Crippen LogP contribution < -0.4 is 16.0 Å². The van der Waals surface area contributed by atoms with Crippen LogP contribution in [0.1, 0.15) is 45.4 Å². The maximum absolute atomic E-state index is 14.8. The van der Waals surface area contributed by atoms with Crippen LogP contribution in [0.4, 0.5) is 16.0 Å². The maximum atomic E-state index is 14.8. The Labute approximate surface area is 212 Å². The van der Waals surface area contributed by atoms with E-state index in [9.17, 15) is 9.65 Å². The SMILES string of the molecule is COC[C@H](C)NC1CCC(Nc2cc(-c3cnnc(NCC4(C#N)CCOCC4)c3)c(F)cn2)CC1. The number of nitrogens with zero attached hydrogens (tertiary/aromatic N) is 4. The quantitative estimate of drug-likeness (QED) is 0.451. The van der Waals surface area contributed by atoms with Crippen LogP contribution in [0.15, 0.2) is 24.5 Å². The molecule has 2 aliphatic rings. The number of ether oxygens (including phenoxy) is 2. The van der Waals surface area contributed by atoms with E-state index < -0.39 is 11.2 Å². The van der Waals surface area contributed by atoms with Gasteiger partial charge in [-0.1, -0.05) is 0 Å². The maximum Gasteiger partial charge on any atom is 0.149 e. The number of nitrogens with one attached hydrogen (secondary N) is 3. The van der Waals surface area contributed by atoms with Crippen LogP contribution in [0.3, 0.4) is 0 Å². The van der Waals surface area contributed by atoms with E-state index in [4.69, 9.17) is 9.47 Å². The molecule has 1 saturated carbocycles.